The number of halogens is 4. The Balaban J connectivity index is 1.37. The highest BCUT2D eigenvalue weighted by atomic mass is 79.9. The summed E-state index contributed by atoms with van der Waals surface area (Å²) in [5.41, 5.74) is 1.27. The van der Waals surface area contributed by atoms with Gasteiger partial charge in [-0.25, -0.2) is 4.68 Å². The number of nitrogens with zero attached hydrogens (tertiary/aromatic N) is 4. The number of benzene rings is 2. The lowest BCUT2D eigenvalue weighted by atomic mass is 10.2. The predicted octanol–water partition coefficient (Wildman–Crippen LogP) is 6.25. The number of rotatable bonds is 7. The lowest BCUT2D eigenvalue weighted by molar-refractivity contribution is 0.101. The third kappa shape index (κ3) is 5.72. The van der Waals surface area contributed by atoms with Crippen LogP contribution >= 0.6 is 55.1 Å². The molecule has 0 unspecified atom stereocenters. The fourth-order valence-corrected chi connectivity index (χ4v) is 4.06. The van der Waals surface area contributed by atoms with Gasteiger partial charge in [-0.05, 0) is 57.9 Å². The van der Waals surface area contributed by atoms with E-state index in [0.717, 1.165) is 10.0 Å². The molecule has 164 valence electrons. The number of carbonyl (C=O) groups excluding carboxylic acids is 1. The second-order valence-electron chi connectivity index (χ2n) is 6.69. The minimum Gasteiger partial charge on any atom is -0.470 e. The average molecular weight is 600 g/mol. The van der Waals surface area contributed by atoms with Gasteiger partial charge in [0.2, 0.25) is 0 Å². The van der Waals surface area contributed by atoms with Gasteiger partial charge >= 0.3 is 0 Å². The van der Waals surface area contributed by atoms with Gasteiger partial charge in [-0.1, -0.05) is 51.3 Å². The number of hydrogen-bond acceptors (Lipinski definition) is 4. The molecule has 2 aromatic heterocycles. The summed E-state index contributed by atoms with van der Waals surface area (Å²) in [4.78, 5) is 12.6. The van der Waals surface area contributed by atoms with Gasteiger partial charge in [0.15, 0.2) is 18.2 Å². The van der Waals surface area contributed by atoms with E-state index in [4.69, 9.17) is 27.9 Å². The van der Waals surface area contributed by atoms with Crippen molar-refractivity contribution >= 4 is 66.8 Å². The Morgan fingerprint density at radius 2 is 1.81 bits per heavy atom. The standard InChI is InChI=1S/C21H15Br2Cl2N5O2/c22-14-3-6-19(17(25)9-14)32-12-29-8-7-18(27-29)21(31)26-20-16(23)11-30(28-20)10-13-1-4-15(24)5-2-13/h1-9,11H,10,12H2,(H,26,28,31). The van der Waals surface area contributed by atoms with Gasteiger partial charge < -0.3 is 10.1 Å². The molecule has 1 N–H and O–H groups in total. The first kappa shape index (κ1) is 22.8. The number of nitrogens with one attached hydrogen (secondary N) is 1. The lowest BCUT2D eigenvalue weighted by Crippen LogP contribution is -2.15. The van der Waals surface area contributed by atoms with Crippen molar-refractivity contribution in [1.29, 1.82) is 0 Å². The Morgan fingerprint density at radius 3 is 2.56 bits per heavy atom. The molecule has 1 amide bonds. The summed E-state index contributed by atoms with van der Waals surface area (Å²) in [6.07, 6.45) is 3.44. The van der Waals surface area contributed by atoms with Crippen LogP contribution in [0.3, 0.4) is 0 Å². The van der Waals surface area contributed by atoms with E-state index in [2.05, 4.69) is 47.4 Å². The number of carbonyl (C=O) groups is 1. The second-order valence-corrected chi connectivity index (χ2v) is 9.31. The molecule has 32 heavy (non-hydrogen) atoms. The Hall–Kier alpha value is -2.33. The summed E-state index contributed by atoms with van der Waals surface area (Å²) >= 11 is 18.9. The first-order valence-corrected chi connectivity index (χ1v) is 11.6. The quantitative estimate of drug-likeness (QED) is 0.273. The van der Waals surface area contributed by atoms with Crippen LogP contribution in [0.4, 0.5) is 5.82 Å². The zero-order valence-electron chi connectivity index (χ0n) is 16.3. The van der Waals surface area contributed by atoms with Gasteiger partial charge in [0.1, 0.15) is 5.75 Å². The van der Waals surface area contributed by atoms with Crippen LogP contribution in [0.2, 0.25) is 10.0 Å². The molecule has 2 heterocycles. The fraction of sp³-hybridized carbons (Fsp3) is 0.0952. The zero-order chi connectivity index (χ0) is 22.7. The van der Waals surface area contributed by atoms with Crippen molar-refractivity contribution in [2.75, 3.05) is 5.32 Å². The Labute approximate surface area is 210 Å². The maximum atomic E-state index is 12.6. The first-order chi connectivity index (χ1) is 15.4. The molecule has 0 aliphatic heterocycles. The number of hydrogen-bond donors (Lipinski definition) is 1. The average Bonchev–Trinajstić information content (AvgIpc) is 3.36. The molecule has 0 saturated heterocycles. The summed E-state index contributed by atoms with van der Waals surface area (Å²) in [5.74, 6) is 0.533. The van der Waals surface area contributed by atoms with Crippen molar-refractivity contribution in [3.05, 3.63) is 91.2 Å². The number of aromatic nitrogens is 4. The number of amides is 1. The molecule has 11 heteroatoms. The third-order valence-electron chi connectivity index (χ3n) is 4.33. The van der Waals surface area contributed by atoms with E-state index in [1.807, 2.05) is 30.3 Å². The van der Waals surface area contributed by atoms with Crippen LogP contribution in [0.25, 0.3) is 0 Å². The van der Waals surface area contributed by atoms with Crippen LogP contribution in [0, 0.1) is 0 Å². The van der Waals surface area contributed by atoms with Gasteiger partial charge in [-0.3, -0.25) is 9.48 Å². The summed E-state index contributed by atoms with van der Waals surface area (Å²) < 4.78 is 10.4. The second kappa shape index (κ2) is 10.1. The molecule has 4 rings (SSSR count). The van der Waals surface area contributed by atoms with E-state index < -0.39 is 0 Å². The molecule has 0 fully saturated rings. The van der Waals surface area contributed by atoms with Crippen LogP contribution in [0.1, 0.15) is 16.1 Å². The highest BCUT2D eigenvalue weighted by Gasteiger charge is 2.15. The number of anilines is 1. The molecular weight excluding hydrogens is 585 g/mol. The van der Waals surface area contributed by atoms with Gasteiger partial charge in [0, 0.05) is 21.9 Å². The minimum absolute atomic E-state index is 0.105. The molecule has 2 aromatic carbocycles. The van der Waals surface area contributed by atoms with Crippen LogP contribution in [0.5, 0.6) is 5.75 Å². The van der Waals surface area contributed by atoms with Crippen LogP contribution in [-0.4, -0.2) is 25.5 Å². The minimum atomic E-state index is -0.386. The smallest absolute Gasteiger partial charge is 0.277 e. The summed E-state index contributed by atoms with van der Waals surface area (Å²) in [7, 11) is 0. The molecule has 0 radical (unpaired) electrons. The molecule has 0 aliphatic carbocycles. The molecule has 0 bridgehead atoms. The fourth-order valence-electron chi connectivity index (χ4n) is 2.79. The van der Waals surface area contributed by atoms with Gasteiger partial charge in [-0.2, -0.15) is 10.2 Å². The van der Waals surface area contributed by atoms with E-state index in [1.54, 1.807) is 35.3 Å². The van der Waals surface area contributed by atoms with Gasteiger partial charge in [0.25, 0.3) is 5.91 Å². The van der Waals surface area contributed by atoms with E-state index in [1.165, 1.54) is 4.68 Å². The van der Waals surface area contributed by atoms with Crippen molar-refractivity contribution in [3.63, 3.8) is 0 Å². The zero-order valence-corrected chi connectivity index (χ0v) is 21.0. The largest absolute Gasteiger partial charge is 0.470 e. The van der Waals surface area contributed by atoms with E-state index in [9.17, 15) is 4.79 Å². The van der Waals surface area contributed by atoms with Crippen LogP contribution in [-0.2, 0) is 13.3 Å². The molecule has 0 saturated carbocycles. The van der Waals surface area contributed by atoms with Crippen molar-refractivity contribution < 1.29 is 9.53 Å². The van der Waals surface area contributed by atoms with Crippen molar-refractivity contribution in [3.8, 4) is 5.75 Å². The normalized spacial score (nSPS) is 10.9. The maximum absolute atomic E-state index is 12.6. The Bertz CT molecular complexity index is 1260. The van der Waals surface area contributed by atoms with E-state index in [-0.39, 0.29) is 18.3 Å². The number of ether oxygens (including phenoxy) is 1. The summed E-state index contributed by atoms with van der Waals surface area (Å²) in [6, 6.07) is 14.4. The molecular formula is C21H15Br2Cl2N5O2. The Morgan fingerprint density at radius 1 is 1.03 bits per heavy atom. The highest BCUT2D eigenvalue weighted by molar-refractivity contribution is 9.10. The third-order valence-corrected chi connectivity index (χ3v) is 5.95. The molecule has 4 aromatic rings. The van der Waals surface area contributed by atoms with Gasteiger partial charge in [-0.15, -0.1) is 0 Å². The van der Waals surface area contributed by atoms with Crippen molar-refractivity contribution in [1.82, 2.24) is 19.6 Å². The van der Waals surface area contributed by atoms with Crippen LogP contribution < -0.4 is 10.1 Å². The highest BCUT2D eigenvalue weighted by Crippen LogP contribution is 2.28. The first-order valence-electron chi connectivity index (χ1n) is 9.27. The van der Waals surface area contributed by atoms with E-state index >= 15 is 0 Å². The topological polar surface area (TPSA) is 74.0 Å². The van der Waals surface area contributed by atoms with Crippen LogP contribution in [0.15, 0.2) is 69.9 Å². The SMILES string of the molecule is O=C(Nc1nn(Cc2ccc(Cl)cc2)cc1Br)c1ccn(COc2ccc(Br)cc2Cl)n1. The molecule has 0 spiro atoms. The van der Waals surface area contributed by atoms with Gasteiger partial charge in [0.05, 0.1) is 16.0 Å². The predicted molar refractivity (Wildman–Crippen MR) is 130 cm³/mol. The Kier molecular flexibility index (Phi) is 7.20. The molecule has 7 nitrogen and oxygen atoms in total. The molecule has 0 aliphatic rings. The summed E-state index contributed by atoms with van der Waals surface area (Å²) in [6.45, 7) is 0.643. The maximum Gasteiger partial charge on any atom is 0.277 e. The van der Waals surface area contributed by atoms with Crippen molar-refractivity contribution in [2.45, 2.75) is 13.3 Å². The molecule has 0 atom stereocenters. The van der Waals surface area contributed by atoms with Crippen molar-refractivity contribution in [2.24, 2.45) is 0 Å². The monoisotopic (exact) mass is 597 g/mol. The van der Waals surface area contributed by atoms with E-state index in [0.29, 0.717) is 32.6 Å². The summed E-state index contributed by atoms with van der Waals surface area (Å²) in [5, 5.41) is 12.6. The lowest BCUT2D eigenvalue weighted by Gasteiger charge is -2.08.